The first-order chi connectivity index (χ1) is 11.6. The van der Waals surface area contributed by atoms with Crippen molar-refractivity contribution in [3.05, 3.63) is 10.6 Å². The van der Waals surface area contributed by atoms with Gasteiger partial charge in [-0.05, 0) is 39.0 Å². The van der Waals surface area contributed by atoms with Crippen LogP contribution >= 0.6 is 11.3 Å². The van der Waals surface area contributed by atoms with Gasteiger partial charge in [-0.25, -0.2) is 4.98 Å². The average Bonchev–Trinajstić information content (AvgIpc) is 3.13. The van der Waals surface area contributed by atoms with E-state index in [1.165, 1.54) is 4.88 Å². The Hall–Kier alpha value is -1.14. The first kappa shape index (κ1) is 17.7. The zero-order valence-electron chi connectivity index (χ0n) is 15.0. The molecule has 0 spiro atoms. The topological polar surface area (TPSA) is 54.5 Å². The second kappa shape index (κ2) is 7.83. The summed E-state index contributed by atoms with van der Waals surface area (Å²) in [7, 11) is 0. The average molecular weight is 352 g/mol. The van der Waals surface area contributed by atoms with E-state index in [-0.39, 0.29) is 17.9 Å². The fourth-order valence-corrected chi connectivity index (χ4v) is 4.63. The van der Waals surface area contributed by atoms with Gasteiger partial charge in [-0.3, -0.25) is 4.79 Å². The standard InChI is InChI=1S/C18H29N3O2S/c1-4-5-15-10-21(18-19-12(2)13(3)24-18)11-16(15)20-17(22)14-6-8-23-9-7-14/h14-16H,4-11H2,1-3H3,(H,20,22)/t15-,16-/m0/s1. The van der Waals surface area contributed by atoms with Crippen molar-refractivity contribution in [3.8, 4) is 0 Å². The van der Waals surface area contributed by atoms with E-state index in [4.69, 9.17) is 9.72 Å². The fraction of sp³-hybridized carbons (Fsp3) is 0.778. The number of carbonyl (C=O) groups excluding carboxylic acids is 1. The van der Waals surface area contributed by atoms with E-state index in [0.717, 1.165) is 49.6 Å². The molecule has 0 bridgehead atoms. The van der Waals surface area contributed by atoms with Crippen molar-refractivity contribution in [2.45, 2.75) is 52.5 Å². The molecule has 1 aromatic heterocycles. The van der Waals surface area contributed by atoms with Crippen LogP contribution in [0.15, 0.2) is 0 Å². The van der Waals surface area contributed by atoms with Crippen molar-refractivity contribution in [1.82, 2.24) is 10.3 Å². The molecule has 0 saturated carbocycles. The zero-order valence-corrected chi connectivity index (χ0v) is 15.8. The van der Waals surface area contributed by atoms with Gasteiger partial charge in [0.1, 0.15) is 0 Å². The number of anilines is 1. The molecule has 2 aliphatic heterocycles. The Kier molecular flexibility index (Phi) is 5.76. The third-order valence-electron chi connectivity index (χ3n) is 5.31. The number of thiazole rings is 1. The summed E-state index contributed by atoms with van der Waals surface area (Å²) in [5.74, 6) is 0.862. The van der Waals surface area contributed by atoms with Crippen molar-refractivity contribution >= 4 is 22.4 Å². The van der Waals surface area contributed by atoms with Gasteiger partial charge >= 0.3 is 0 Å². The Morgan fingerprint density at radius 3 is 2.71 bits per heavy atom. The molecule has 1 amide bonds. The quantitative estimate of drug-likeness (QED) is 0.886. The molecule has 2 fully saturated rings. The van der Waals surface area contributed by atoms with Crippen molar-refractivity contribution in [2.24, 2.45) is 11.8 Å². The summed E-state index contributed by atoms with van der Waals surface area (Å²) in [4.78, 5) is 21.0. The molecule has 2 aliphatic rings. The van der Waals surface area contributed by atoms with Crippen molar-refractivity contribution < 1.29 is 9.53 Å². The Bertz CT molecular complexity index is 549. The second-order valence-corrected chi connectivity index (χ2v) is 8.28. The molecule has 134 valence electrons. The maximum absolute atomic E-state index is 12.6. The van der Waals surface area contributed by atoms with Crippen LogP contribution in [0, 0.1) is 25.7 Å². The number of nitrogens with zero attached hydrogens (tertiary/aromatic N) is 2. The molecular formula is C18H29N3O2S. The zero-order chi connectivity index (χ0) is 17.1. The highest BCUT2D eigenvalue weighted by Crippen LogP contribution is 2.31. The maximum Gasteiger partial charge on any atom is 0.223 e. The van der Waals surface area contributed by atoms with Crippen LogP contribution in [0.25, 0.3) is 0 Å². The molecule has 5 nitrogen and oxygen atoms in total. The van der Waals surface area contributed by atoms with Gasteiger partial charge in [0, 0.05) is 37.1 Å². The van der Waals surface area contributed by atoms with Gasteiger partial charge in [-0.15, -0.1) is 11.3 Å². The molecule has 0 aromatic carbocycles. The summed E-state index contributed by atoms with van der Waals surface area (Å²) in [6, 6.07) is 0.241. The Labute approximate surface area is 148 Å². The predicted octanol–water partition coefficient (Wildman–Crippen LogP) is 2.91. The molecule has 3 heterocycles. The molecule has 6 heteroatoms. The predicted molar refractivity (Wildman–Crippen MR) is 97.7 cm³/mol. The van der Waals surface area contributed by atoms with Crippen LogP contribution in [-0.4, -0.2) is 43.2 Å². The van der Waals surface area contributed by atoms with Gasteiger partial charge in [0.25, 0.3) is 0 Å². The highest BCUT2D eigenvalue weighted by atomic mass is 32.1. The number of carbonyl (C=O) groups is 1. The number of ether oxygens (including phenoxy) is 1. The van der Waals surface area contributed by atoms with E-state index >= 15 is 0 Å². The number of hydrogen-bond acceptors (Lipinski definition) is 5. The summed E-state index contributed by atoms with van der Waals surface area (Å²) in [5, 5.41) is 4.45. The third kappa shape index (κ3) is 3.91. The van der Waals surface area contributed by atoms with Crippen LogP contribution in [0.3, 0.4) is 0 Å². The van der Waals surface area contributed by atoms with Crippen LogP contribution in [0.1, 0.15) is 43.2 Å². The first-order valence-electron chi connectivity index (χ1n) is 9.15. The van der Waals surface area contributed by atoms with Crippen LogP contribution < -0.4 is 10.2 Å². The molecule has 0 radical (unpaired) electrons. The number of amides is 1. The minimum absolute atomic E-state index is 0.124. The maximum atomic E-state index is 12.6. The highest BCUT2D eigenvalue weighted by molar-refractivity contribution is 7.15. The van der Waals surface area contributed by atoms with E-state index < -0.39 is 0 Å². The van der Waals surface area contributed by atoms with Crippen LogP contribution in [0.4, 0.5) is 5.13 Å². The van der Waals surface area contributed by atoms with Gasteiger partial charge in [0.05, 0.1) is 11.7 Å². The SMILES string of the molecule is CCC[C@H]1CN(c2nc(C)c(C)s2)C[C@@H]1NC(=O)C1CCOCC1. The van der Waals surface area contributed by atoms with E-state index in [1.807, 2.05) is 0 Å². The molecule has 1 aromatic rings. The number of nitrogens with one attached hydrogen (secondary N) is 1. The summed E-state index contributed by atoms with van der Waals surface area (Å²) in [5.41, 5.74) is 1.12. The van der Waals surface area contributed by atoms with Gasteiger partial charge in [-0.2, -0.15) is 0 Å². The molecule has 1 N–H and O–H groups in total. The summed E-state index contributed by atoms with van der Waals surface area (Å²) < 4.78 is 5.37. The highest BCUT2D eigenvalue weighted by Gasteiger charge is 2.36. The van der Waals surface area contributed by atoms with Crippen molar-refractivity contribution in [3.63, 3.8) is 0 Å². The first-order valence-corrected chi connectivity index (χ1v) is 9.97. The van der Waals surface area contributed by atoms with E-state index in [9.17, 15) is 4.79 Å². The van der Waals surface area contributed by atoms with Crippen LogP contribution in [0.2, 0.25) is 0 Å². The normalized spacial score (nSPS) is 25.2. The van der Waals surface area contributed by atoms with Crippen LogP contribution in [0.5, 0.6) is 0 Å². The van der Waals surface area contributed by atoms with E-state index in [1.54, 1.807) is 11.3 Å². The number of aryl methyl sites for hydroxylation is 2. The lowest BCUT2D eigenvalue weighted by Crippen LogP contribution is -2.44. The molecular weight excluding hydrogens is 322 g/mol. The van der Waals surface area contributed by atoms with Gasteiger partial charge in [0.2, 0.25) is 5.91 Å². The lowest BCUT2D eigenvalue weighted by Gasteiger charge is -2.25. The Balaban J connectivity index is 1.65. The monoisotopic (exact) mass is 351 g/mol. The van der Waals surface area contributed by atoms with Crippen molar-refractivity contribution in [1.29, 1.82) is 0 Å². The Morgan fingerprint density at radius 1 is 1.33 bits per heavy atom. The number of rotatable bonds is 5. The van der Waals surface area contributed by atoms with E-state index in [2.05, 4.69) is 31.0 Å². The van der Waals surface area contributed by atoms with Crippen molar-refractivity contribution in [2.75, 3.05) is 31.2 Å². The summed E-state index contributed by atoms with van der Waals surface area (Å²) in [6.07, 6.45) is 4.01. The fourth-order valence-electron chi connectivity index (χ4n) is 3.71. The smallest absolute Gasteiger partial charge is 0.223 e. The third-order valence-corrected chi connectivity index (χ3v) is 6.44. The molecule has 3 rings (SSSR count). The number of hydrogen-bond donors (Lipinski definition) is 1. The lowest BCUT2D eigenvalue weighted by atomic mass is 9.95. The molecule has 0 aliphatic carbocycles. The molecule has 24 heavy (non-hydrogen) atoms. The summed E-state index contributed by atoms with van der Waals surface area (Å²) >= 11 is 1.77. The minimum atomic E-state index is 0.124. The minimum Gasteiger partial charge on any atom is -0.381 e. The van der Waals surface area contributed by atoms with E-state index in [0.29, 0.717) is 19.1 Å². The Morgan fingerprint density at radius 2 is 2.08 bits per heavy atom. The van der Waals surface area contributed by atoms with Crippen LogP contribution in [-0.2, 0) is 9.53 Å². The largest absolute Gasteiger partial charge is 0.381 e. The summed E-state index contributed by atoms with van der Waals surface area (Å²) in [6.45, 7) is 9.72. The van der Waals surface area contributed by atoms with Gasteiger partial charge < -0.3 is 15.0 Å². The van der Waals surface area contributed by atoms with Gasteiger partial charge in [-0.1, -0.05) is 13.3 Å². The molecule has 2 saturated heterocycles. The molecule has 2 atom stereocenters. The lowest BCUT2D eigenvalue weighted by molar-refractivity contribution is -0.128. The van der Waals surface area contributed by atoms with Gasteiger partial charge in [0.15, 0.2) is 5.13 Å². The second-order valence-electron chi connectivity index (χ2n) is 7.09. The number of aromatic nitrogens is 1. The molecule has 0 unspecified atom stereocenters.